The summed E-state index contributed by atoms with van der Waals surface area (Å²) in [5.74, 6) is -1.31. The van der Waals surface area contributed by atoms with Gasteiger partial charge < -0.3 is 18.0 Å². The molecule has 1 heterocycles. The van der Waals surface area contributed by atoms with Gasteiger partial charge in [0.2, 0.25) is 0 Å². The van der Waals surface area contributed by atoms with Crippen LogP contribution in [-0.2, 0) is 27.6 Å². The van der Waals surface area contributed by atoms with E-state index in [-0.39, 0.29) is 5.20 Å². The number of rotatable bonds is 11. The SMILES string of the molecule is CCCCCCCCC1=C([Si](OC)(OC)OC)C(=O)OC1=O. The van der Waals surface area contributed by atoms with Gasteiger partial charge in [0.1, 0.15) is 5.20 Å². The molecular formula is C15H26O6Si. The molecule has 0 aromatic carbocycles. The minimum absolute atomic E-state index is 0.151. The van der Waals surface area contributed by atoms with Gasteiger partial charge in [-0.2, -0.15) is 0 Å². The fourth-order valence-corrected chi connectivity index (χ4v) is 4.61. The second-order valence-electron chi connectivity index (χ2n) is 5.22. The molecular weight excluding hydrogens is 304 g/mol. The maximum Gasteiger partial charge on any atom is 0.544 e. The summed E-state index contributed by atoms with van der Waals surface area (Å²) in [6, 6.07) is 0. The van der Waals surface area contributed by atoms with Gasteiger partial charge >= 0.3 is 20.7 Å². The van der Waals surface area contributed by atoms with Crippen LogP contribution in [0.15, 0.2) is 10.8 Å². The van der Waals surface area contributed by atoms with Crippen LogP contribution in [0.3, 0.4) is 0 Å². The molecule has 1 aliphatic rings. The molecule has 0 radical (unpaired) electrons. The summed E-state index contributed by atoms with van der Waals surface area (Å²) < 4.78 is 20.7. The Hall–Kier alpha value is -1.02. The lowest BCUT2D eigenvalue weighted by atomic mass is 10.1. The van der Waals surface area contributed by atoms with Crippen molar-refractivity contribution >= 4 is 20.7 Å². The van der Waals surface area contributed by atoms with Crippen molar-refractivity contribution in [3.05, 3.63) is 10.8 Å². The highest BCUT2D eigenvalue weighted by molar-refractivity contribution is 6.75. The molecule has 0 N–H and O–H groups in total. The number of unbranched alkanes of at least 4 members (excludes halogenated alkanes) is 5. The first-order chi connectivity index (χ1) is 10.6. The van der Waals surface area contributed by atoms with E-state index in [0.717, 1.165) is 19.3 Å². The first kappa shape index (κ1) is 19.0. The first-order valence-corrected chi connectivity index (χ1v) is 9.44. The lowest BCUT2D eigenvalue weighted by molar-refractivity contribution is -0.151. The molecule has 0 atom stereocenters. The van der Waals surface area contributed by atoms with Crippen LogP contribution in [0.5, 0.6) is 0 Å². The van der Waals surface area contributed by atoms with Gasteiger partial charge in [0.05, 0.1) is 5.57 Å². The summed E-state index contributed by atoms with van der Waals surface area (Å²) in [6.07, 6.45) is 7.06. The lowest BCUT2D eigenvalue weighted by Crippen LogP contribution is -2.47. The quantitative estimate of drug-likeness (QED) is 0.251. The van der Waals surface area contributed by atoms with Gasteiger partial charge in [-0.3, -0.25) is 0 Å². The number of esters is 2. The molecule has 0 bridgehead atoms. The number of hydrogen-bond acceptors (Lipinski definition) is 6. The number of carbonyl (C=O) groups excluding carboxylic acids is 2. The van der Waals surface area contributed by atoms with E-state index < -0.39 is 20.7 Å². The van der Waals surface area contributed by atoms with E-state index in [1.165, 1.54) is 40.6 Å². The number of carbonyl (C=O) groups is 2. The molecule has 0 aliphatic carbocycles. The number of ether oxygens (including phenoxy) is 1. The Morgan fingerprint density at radius 2 is 1.41 bits per heavy atom. The molecule has 0 aromatic heterocycles. The van der Waals surface area contributed by atoms with Crippen molar-refractivity contribution in [3.8, 4) is 0 Å². The standard InChI is InChI=1S/C15H26O6Si/c1-5-6-7-8-9-10-11-12-13(15(17)21-14(12)16)22(18-2,19-3)20-4/h5-11H2,1-4H3. The normalized spacial score (nSPS) is 15.6. The zero-order chi connectivity index (χ0) is 16.6. The third-order valence-electron chi connectivity index (χ3n) is 3.83. The molecule has 0 fully saturated rings. The number of cyclic esters (lactones) is 2. The van der Waals surface area contributed by atoms with Crippen molar-refractivity contribution in [3.63, 3.8) is 0 Å². The van der Waals surface area contributed by atoms with E-state index in [2.05, 4.69) is 6.92 Å². The van der Waals surface area contributed by atoms with Crippen LogP contribution in [0.1, 0.15) is 51.9 Å². The maximum absolute atomic E-state index is 12.0. The molecule has 1 rings (SSSR count). The van der Waals surface area contributed by atoms with Gasteiger partial charge in [-0.1, -0.05) is 39.0 Å². The molecule has 22 heavy (non-hydrogen) atoms. The van der Waals surface area contributed by atoms with Gasteiger partial charge in [-0.15, -0.1) is 0 Å². The van der Waals surface area contributed by atoms with Crippen LogP contribution in [0.2, 0.25) is 0 Å². The van der Waals surface area contributed by atoms with E-state index in [9.17, 15) is 9.59 Å². The molecule has 0 aromatic rings. The van der Waals surface area contributed by atoms with Crippen molar-refractivity contribution < 1.29 is 27.6 Å². The zero-order valence-corrected chi connectivity index (χ0v) is 14.9. The molecule has 0 spiro atoms. The Morgan fingerprint density at radius 3 is 1.95 bits per heavy atom. The third-order valence-corrected chi connectivity index (χ3v) is 6.56. The smallest absolute Gasteiger partial charge is 0.386 e. The summed E-state index contributed by atoms with van der Waals surface area (Å²) in [5.41, 5.74) is 0.345. The van der Waals surface area contributed by atoms with Crippen LogP contribution in [0.25, 0.3) is 0 Å². The second-order valence-corrected chi connectivity index (χ2v) is 8.05. The van der Waals surface area contributed by atoms with Gasteiger partial charge in [-0.05, 0) is 12.8 Å². The van der Waals surface area contributed by atoms with Gasteiger partial charge in [0, 0.05) is 21.3 Å². The van der Waals surface area contributed by atoms with E-state index in [1.807, 2.05) is 0 Å². The van der Waals surface area contributed by atoms with E-state index in [1.54, 1.807) is 0 Å². The summed E-state index contributed by atoms with van der Waals surface area (Å²) in [4.78, 5) is 23.9. The van der Waals surface area contributed by atoms with E-state index in [4.69, 9.17) is 18.0 Å². The van der Waals surface area contributed by atoms with Crippen LogP contribution in [0.4, 0.5) is 0 Å². The third kappa shape index (κ3) is 4.25. The Morgan fingerprint density at radius 1 is 0.864 bits per heavy atom. The average Bonchev–Trinajstić information content (AvgIpc) is 2.80. The van der Waals surface area contributed by atoms with Crippen LogP contribution < -0.4 is 0 Å². The topological polar surface area (TPSA) is 71.1 Å². The monoisotopic (exact) mass is 330 g/mol. The lowest BCUT2D eigenvalue weighted by Gasteiger charge is -2.24. The summed E-state index contributed by atoms with van der Waals surface area (Å²) >= 11 is 0. The van der Waals surface area contributed by atoms with E-state index >= 15 is 0 Å². The van der Waals surface area contributed by atoms with Crippen molar-refractivity contribution in [1.82, 2.24) is 0 Å². The minimum atomic E-state index is -3.35. The molecule has 0 saturated heterocycles. The van der Waals surface area contributed by atoms with Crippen molar-refractivity contribution in [2.24, 2.45) is 0 Å². The van der Waals surface area contributed by atoms with Gasteiger partial charge in [-0.25, -0.2) is 9.59 Å². The number of hydrogen-bond donors (Lipinski definition) is 0. The predicted octanol–water partition coefficient (Wildman–Crippen LogP) is 2.53. The maximum atomic E-state index is 12.0. The van der Waals surface area contributed by atoms with Gasteiger partial charge in [0.25, 0.3) is 0 Å². The zero-order valence-electron chi connectivity index (χ0n) is 13.9. The Labute approximate surface area is 133 Å². The van der Waals surface area contributed by atoms with Crippen LogP contribution in [0, 0.1) is 0 Å². The van der Waals surface area contributed by atoms with Crippen LogP contribution in [-0.4, -0.2) is 42.1 Å². The first-order valence-electron chi connectivity index (χ1n) is 7.71. The summed E-state index contributed by atoms with van der Waals surface area (Å²) in [6.45, 7) is 2.17. The molecule has 0 amide bonds. The second kappa shape index (κ2) is 9.19. The van der Waals surface area contributed by atoms with Gasteiger partial charge in [0.15, 0.2) is 0 Å². The van der Waals surface area contributed by atoms with E-state index in [0.29, 0.717) is 12.0 Å². The molecule has 126 valence electrons. The molecule has 7 heteroatoms. The van der Waals surface area contributed by atoms with Crippen molar-refractivity contribution in [1.29, 1.82) is 0 Å². The molecule has 0 unspecified atom stereocenters. The summed E-state index contributed by atoms with van der Waals surface area (Å²) in [7, 11) is 0.873. The Bertz CT molecular complexity index is 419. The Kier molecular flexibility index (Phi) is 7.95. The highest BCUT2D eigenvalue weighted by Crippen LogP contribution is 2.31. The Balaban J connectivity index is 2.80. The molecule has 6 nitrogen and oxygen atoms in total. The predicted molar refractivity (Wildman–Crippen MR) is 82.9 cm³/mol. The summed E-state index contributed by atoms with van der Waals surface area (Å²) in [5, 5.41) is 0.151. The molecule has 1 aliphatic heterocycles. The fraction of sp³-hybridized carbons (Fsp3) is 0.733. The highest BCUT2D eigenvalue weighted by atomic mass is 28.4. The van der Waals surface area contributed by atoms with Crippen molar-refractivity contribution in [2.45, 2.75) is 51.9 Å². The largest absolute Gasteiger partial charge is 0.544 e. The average molecular weight is 330 g/mol. The van der Waals surface area contributed by atoms with Crippen molar-refractivity contribution in [2.75, 3.05) is 21.3 Å². The molecule has 0 saturated carbocycles. The fourth-order valence-electron chi connectivity index (χ4n) is 2.60. The minimum Gasteiger partial charge on any atom is -0.386 e. The van der Waals surface area contributed by atoms with Crippen LogP contribution >= 0.6 is 0 Å². The highest BCUT2D eigenvalue weighted by Gasteiger charge is 2.54.